The predicted octanol–water partition coefficient (Wildman–Crippen LogP) is 5.73. The second kappa shape index (κ2) is 11.6. The van der Waals surface area contributed by atoms with Gasteiger partial charge in [-0.1, -0.05) is 19.1 Å². The minimum atomic E-state index is -0.398. The smallest absolute Gasteiger partial charge is 0.344 e. The molecule has 190 valence electrons. The molecule has 0 aliphatic heterocycles. The first kappa shape index (κ1) is 25.7. The van der Waals surface area contributed by atoms with Gasteiger partial charge in [0.25, 0.3) is 0 Å². The summed E-state index contributed by atoms with van der Waals surface area (Å²) in [4.78, 5) is 12.9. The highest BCUT2D eigenvalue weighted by Crippen LogP contribution is 2.36. The van der Waals surface area contributed by atoms with Crippen molar-refractivity contribution in [1.82, 2.24) is 0 Å². The molecular weight excluding hydrogens is 480 g/mol. The van der Waals surface area contributed by atoms with Crippen molar-refractivity contribution in [3.8, 4) is 23.0 Å². The van der Waals surface area contributed by atoms with Crippen LogP contribution >= 0.6 is 11.8 Å². The fraction of sp³-hybridized carbons (Fsp3) is 0.321. The highest BCUT2D eigenvalue weighted by Gasteiger charge is 2.16. The molecular formula is C28H30O7S. The van der Waals surface area contributed by atoms with E-state index in [1.54, 1.807) is 33.5 Å². The van der Waals surface area contributed by atoms with Gasteiger partial charge in [-0.15, -0.1) is 11.8 Å². The fourth-order valence-corrected chi connectivity index (χ4v) is 4.79. The van der Waals surface area contributed by atoms with Gasteiger partial charge in [0.05, 0.1) is 32.7 Å². The third-order valence-corrected chi connectivity index (χ3v) is 6.89. The highest BCUT2D eigenvalue weighted by atomic mass is 32.2. The molecule has 0 bridgehead atoms. The van der Waals surface area contributed by atoms with Crippen LogP contribution in [0.15, 0.2) is 57.7 Å². The Morgan fingerprint density at radius 1 is 0.889 bits per heavy atom. The number of ether oxygens (including phenoxy) is 4. The van der Waals surface area contributed by atoms with Gasteiger partial charge in [-0.25, -0.2) is 4.79 Å². The SMILES string of the molecule is COc1cc(COc2cc3oc(=O)c4cc(C(C)CCSCO)ccc4c3cc2OC)cc(OC)c1. The van der Waals surface area contributed by atoms with Crippen LogP contribution in [-0.2, 0) is 6.61 Å². The standard InChI is InChI=1S/C28H30O7S/c1-17(7-8-36-16-29)19-5-6-22-23-13-26(33-4)27(14-25(23)35-28(30)24(22)11-19)34-15-18-9-20(31-2)12-21(10-18)32-3/h5-6,9-14,17,29H,7-8,15-16H2,1-4H3. The maximum atomic E-state index is 12.9. The molecule has 0 aliphatic rings. The van der Waals surface area contributed by atoms with Crippen LogP contribution in [0, 0.1) is 0 Å². The lowest BCUT2D eigenvalue weighted by Gasteiger charge is -2.15. The number of aliphatic hydroxyl groups is 1. The zero-order chi connectivity index (χ0) is 25.7. The van der Waals surface area contributed by atoms with Crippen LogP contribution in [0.1, 0.15) is 30.4 Å². The summed E-state index contributed by atoms with van der Waals surface area (Å²) in [5.41, 5.74) is 1.94. The van der Waals surface area contributed by atoms with Crippen molar-refractivity contribution < 1.29 is 28.5 Å². The second-order valence-corrected chi connectivity index (χ2v) is 9.51. The van der Waals surface area contributed by atoms with E-state index in [0.717, 1.165) is 34.1 Å². The summed E-state index contributed by atoms with van der Waals surface area (Å²) < 4.78 is 28.0. The topological polar surface area (TPSA) is 87.4 Å². The van der Waals surface area contributed by atoms with Crippen molar-refractivity contribution in [1.29, 1.82) is 0 Å². The maximum Gasteiger partial charge on any atom is 0.344 e. The molecule has 0 saturated carbocycles. The van der Waals surface area contributed by atoms with E-state index in [1.807, 2.05) is 36.4 Å². The Balaban J connectivity index is 1.67. The molecule has 0 aliphatic carbocycles. The van der Waals surface area contributed by atoms with Crippen LogP contribution in [0.3, 0.4) is 0 Å². The molecule has 0 radical (unpaired) electrons. The lowest BCUT2D eigenvalue weighted by Crippen LogP contribution is -2.04. The molecule has 4 aromatic rings. The third-order valence-electron chi connectivity index (χ3n) is 6.18. The molecule has 7 nitrogen and oxygen atoms in total. The Kier molecular flexibility index (Phi) is 8.28. The van der Waals surface area contributed by atoms with Gasteiger partial charge in [-0.2, -0.15) is 0 Å². The summed E-state index contributed by atoms with van der Waals surface area (Å²) in [6.07, 6.45) is 0.906. The predicted molar refractivity (Wildman–Crippen MR) is 143 cm³/mol. The summed E-state index contributed by atoms with van der Waals surface area (Å²) in [5.74, 6) is 3.54. The first-order valence-electron chi connectivity index (χ1n) is 11.6. The maximum absolute atomic E-state index is 12.9. The monoisotopic (exact) mass is 510 g/mol. The molecule has 0 fully saturated rings. The Labute approximate surface area is 213 Å². The van der Waals surface area contributed by atoms with Gasteiger partial charge in [-0.3, -0.25) is 0 Å². The normalized spacial score (nSPS) is 12.0. The number of rotatable bonds is 11. The van der Waals surface area contributed by atoms with Gasteiger partial charge >= 0.3 is 5.63 Å². The average Bonchev–Trinajstić information content (AvgIpc) is 2.91. The number of hydrogen-bond acceptors (Lipinski definition) is 8. The van der Waals surface area contributed by atoms with Gasteiger partial charge in [0.15, 0.2) is 11.5 Å². The van der Waals surface area contributed by atoms with Crippen molar-refractivity contribution in [2.75, 3.05) is 33.0 Å². The lowest BCUT2D eigenvalue weighted by molar-refractivity contribution is 0.283. The van der Waals surface area contributed by atoms with E-state index in [1.165, 1.54) is 11.8 Å². The zero-order valence-corrected chi connectivity index (χ0v) is 21.6. The quantitative estimate of drug-likeness (QED) is 0.119. The van der Waals surface area contributed by atoms with Crippen molar-refractivity contribution in [2.24, 2.45) is 0 Å². The first-order chi connectivity index (χ1) is 17.5. The van der Waals surface area contributed by atoms with Gasteiger partial charge in [-0.05, 0) is 53.5 Å². The van der Waals surface area contributed by atoms with Crippen molar-refractivity contribution >= 4 is 33.5 Å². The van der Waals surface area contributed by atoms with Gasteiger partial charge in [0.2, 0.25) is 0 Å². The van der Waals surface area contributed by atoms with E-state index in [0.29, 0.717) is 34.0 Å². The molecule has 1 heterocycles. The fourth-order valence-electron chi connectivity index (χ4n) is 4.14. The number of aliphatic hydroxyl groups excluding tert-OH is 1. The molecule has 3 aromatic carbocycles. The second-order valence-electron chi connectivity index (χ2n) is 8.43. The Hall–Kier alpha value is -3.36. The molecule has 0 amide bonds. The summed E-state index contributed by atoms with van der Waals surface area (Å²) in [6, 6.07) is 15.0. The Morgan fingerprint density at radius 3 is 2.31 bits per heavy atom. The lowest BCUT2D eigenvalue weighted by atomic mass is 9.95. The Morgan fingerprint density at radius 2 is 1.64 bits per heavy atom. The molecule has 0 spiro atoms. The van der Waals surface area contributed by atoms with Gasteiger partial charge < -0.3 is 28.5 Å². The molecule has 1 atom stereocenters. The minimum absolute atomic E-state index is 0.112. The third kappa shape index (κ3) is 5.55. The molecule has 8 heteroatoms. The van der Waals surface area contributed by atoms with Crippen LogP contribution < -0.4 is 24.6 Å². The summed E-state index contributed by atoms with van der Waals surface area (Å²) in [6.45, 7) is 2.36. The van der Waals surface area contributed by atoms with Crippen LogP contribution in [-0.4, -0.2) is 38.1 Å². The van der Waals surface area contributed by atoms with E-state index in [-0.39, 0.29) is 18.5 Å². The number of thioether (sulfide) groups is 1. The number of methoxy groups -OCH3 is 3. The summed E-state index contributed by atoms with van der Waals surface area (Å²) in [5, 5.41) is 11.1. The van der Waals surface area contributed by atoms with Crippen LogP contribution in [0.5, 0.6) is 23.0 Å². The molecule has 1 unspecified atom stereocenters. The highest BCUT2D eigenvalue weighted by molar-refractivity contribution is 7.99. The van der Waals surface area contributed by atoms with E-state index in [4.69, 9.17) is 28.5 Å². The van der Waals surface area contributed by atoms with Crippen molar-refractivity contribution in [3.05, 3.63) is 70.1 Å². The van der Waals surface area contributed by atoms with E-state index < -0.39 is 5.63 Å². The van der Waals surface area contributed by atoms with Crippen molar-refractivity contribution in [2.45, 2.75) is 25.9 Å². The van der Waals surface area contributed by atoms with E-state index >= 15 is 0 Å². The molecule has 1 aromatic heterocycles. The van der Waals surface area contributed by atoms with E-state index in [9.17, 15) is 4.79 Å². The summed E-state index contributed by atoms with van der Waals surface area (Å²) in [7, 11) is 4.77. The van der Waals surface area contributed by atoms with Crippen LogP contribution in [0.4, 0.5) is 0 Å². The molecule has 36 heavy (non-hydrogen) atoms. The molecule has 1 N–H and O–H groups in total. The van der Waals surface area contributed by atoms with Crippen LogP contribution in [0.2, 0.25) is 0 Å². The van der Waals surface area contributed by atoms with Gasteiger partial charge in [0.1, 0.15) is 23.7 Å². The van der Waals surface area contributed by atoms with Crippen LogP contribution in [0.25, 0.3) is 21.7 Å². The first-order valence-corrected chi connectivity index (χ1v) is 12.7. The average molecular weight is 511 g/mol. The Bertz CT molecular complexity index is 1390. The van der Waals surface area contributed by atoms with E-state index in [2.05, 4.69) is 6.92 Å². The van der Waals surface area contributed by atoms with Gasteiger partial charge in [0, 0.05) is 22.9 Å². The molecule has 4 rings (SSSR count). The zero-order valence-electron chi connectivity index (χ0n) is 20.8. The summed E-state index contributed by atoms with van der Waals surface area (Å²) >= 11 is 1.49. The number of fused-ring (bicyclic) bond motifs is 3. The largest absolute Gasteiger partial charge is 0.497 e. The van der Waals surface area contributed by atoms with Crippen molar-refractivity contribution in [3.63, 3.8) is 0 Å². The number of benzene rings is 3. The molecule has 0 saturated heterocycles. The minimum Gasteiger partial charge on any atom is -0.497 e. The number of hydrogen-bond donors (Lipinski definition) is 1.